The standard InChI is InChI=1S/C17H26N4O3/c1-4-20-10-14(8-18-20)16(24)19-6-5-15-13(9-19)7-17(3,11-22)21(15)12(2)23/h8,10,13,15,22H,4-7,9,11H2,1-3H3/t13-,15-,17+/m0/s1. The monoisotopic (exact) mass is 334 g/mol. The fraction of sp³-hybridized carbons (Fsp3) is 0.706. The zero-order valence-electron chi connectivity index (χ0n) is 14.6. The van der Waals surface area contributed by atoms with E-state index in [-0.39, 0.29) is 30.4 Å². The van der Waals surface area contributed by atoms with E-state index in [0.717, 1.165) is 19.4 Å². The highest BCUT2D eigenvalue weighted by Crippen LogP contribution is 2.42. The molecule has 1 N–H and O–H groups in total. The first kappa shape index (κ1) is 17.0. The van der Waals surface area contributed by atoms with Gasteiger partial charge in [0, 0.05) is 38.8 Å². The van der Waals surface area contributed by atoms with Crippen LogP contribution < -0.4 is 0 Å². The number of amides is 2. The van der Waals surface area contributed by atoms with Crippen molar-refractivity contribution >= 4 is 11.8 Å². The van der Waals surface area contributed by atoms with Crippen molar-refractivity contribution in [2.24, 2.45) is 5.92 Å². The molecule has 0 unspecified atom stereocenters. The quantitative estimate of drug-likeness (QED) is 0.884. The molecule has 0 saturated carbocycles. The van der Waals surface area contributed by atoms with Crippen LogP contribution in [0.3, 0.4) is 0 Å². The van der Waals surface area contributed by atoms with Gasteiger partial charge in [0.1, 0.15) is 0 Å². The van der Waals surface area contributed by atoms with Crippen LogP contribution in [0.25, 0.3) is 0 Å². The van der Waals surface area contributed by atoms with E-state index in [4.69, 9.17) is 0 Å². The van der Waals surface area contributed by atoms with E-state index in [0.29, 0.717) is 18.7 Å². The SMILES string of the molecule is CCn1cc(C(=O)N2CC[C@H]3[C@H](C2)C[C@](C)(CO)N3C(C)=O)cn1. The van der Waals surface area contributed by atoms with Crippen molar-refractivity contribution in [3.63, 3.8) is 0 Å². The van der Waals surface area contributed by atoms with Gasteiger partial charge in [-0.25, -0.2) is 0 Å². The second-order valence-electron chi connectivity index (χ2n) is 7.20. The van der Waals surface area contributed by atoms with Gasteiger partial charge in [-0.2, -0.15) is 5.10 Å². The van der Waals surface area contributed by atoms with E-state index < -0.39 is 5.54 Å². The highest BCUT2D eigenvalue weighted by atomic mass is 16.3. The molecular formula is C17H26N4O3. The number of aryl methyl sites for hydroxylation is 1. The summed E-state index contributed by atoms with van der Waals surface area (Å²) in [6.07, 6.45) is 4.88. The van der Waals surface area contributed by atoms with Crippen molar-refractivity contribution < 1.29 is 14.7 Å². The van der Waals surface area contributed by atoms with Crippen LogP contribution in [0.4, 0.5) is 0 Å². The van der Waals surface area contributed by atoms with Gasteiger partial charge in [0.2, 0.25) is 5.91 Å². The molecule has 0 aromatic carbocycles. The summed E-state index contributed by atoms with van der Waals surface area (Å²) in [7, 11) is 0. The second kappa shape index (κ2) is 6.20. The molecule has 0 radical (unpaired) electrons. The first-order chi connectivity index (χ1) is 11.4. The fourth-order valence-electron chi connectivity index (χ4n) is 4.39. The van der Waals surface area contributed by atoms with E-state index in [1.165, 1.54) is 0 Å². The van der Waals surface area contributed by atoms with E-state index in [1.807, 2.05) is 23.6 Å². The second-order valence-corrected chi connectivity index (χ2v) is 7.20. The molecule has 7 nitrogen and oxygen atoms in total. The van der Waals surface area contributed by atoms with Crippen LogP contribution in [-0.4, -0.2) is 67.8 Å². The highest BCUT2D eigenvalue weighted by Gasteiger charge is 2.51. The van der Waals surface area contributed by atoms with Crippen molar-refractivity contribution in [1.29, 1.82) is 0 Å². The Hall–Kier alpha value is -1.89. The summed E-state index contributed by atoms with van der Waals surface area (Å²) in [5.74, 6) is 0.216. The smallest absolute Gasteiger partial charge is 0.257 e. The maximum Gasteiger partial charge on any atom is 0.257 e. The lowest BCUT2D eigenvalue weighted by Gasteiger charge is -2.40. The Labute approximate surface area is 142 Å². The van der Waals surface area contributed by atoms with Crippen molar-refractivity contribution in [2.75, 3.05) is 19.7 Å². The van der Waals surface area contributed by atoms with Gasteiger partial charge in [0.25, 0.3) is 5.91 Å². The molecular weight excluding hydrogens is 308 g/mol. The molecule has 2 aliphatic rings. The minimum absolute atomic E-state index is 0.000117. The largest absolute Gasteiger partial charge is 0.394 e. The lowest BCUT2D eigenvalue weighted by molar-refractivity contribution is -0.137. The van der Waals surface area contributed by atoms with Crippen LogP contribution in [0.1, 0.15) is 44.0 Å². The molecule has 2 amide bonds. The Balaban J connectivity index is 1.75. The number of aliphatic hydroxyl groups is 1. The maximum atomic E-state index is 12.7. The van der Waals surface area contributed by atoms with Gasteiger partial charge in [-0.15, -0.1) is 0 Å². The minimum Gasteiger partial charge on any atom is -0.394 e. The van der Waals surface area contributed by atoms with Crippen molar-refractivity contribution in [2.45, 2.75) is 51.7 Å². The average Bonchev–Trinajstić information content (AvgIpc) is 3.15. The summed E-state index contributed by atoms with van der Waals surface area (Å²) in [4.78, 5) is 28.5. The van der Waals surface area contributed by atoms with Crippen LogP contribution in [0.15, 0.2) is 12.4 Å². The van der Waals surface area contributed by atoms with Gasteiger partial charge < -0.3 is 14.9 Å². The van der Waals surface area contributed by atoms with E-state index in [2.05, 4.69) is 5.10 Å². The van der Waals surface area contributed by atoms with E-state index >= 15 is 0 Å². The average molecular weight is 334 g/mol. The normalized spacial score (nSPS) is 29.7. The van der Waals surface area contributed by atoms with Gasteiger partial charge in [-0.1, -0.05) is 0 Å². The number of hydrogen-bond donors (Lipinski definition) is 1. The maximum absolute atomic E-state index is 12.7. The topological polar surface area (TPSA) is 78.7 Å². The van der Waals surface area contributed by atoms with E-state index in [9.17, 15) is 14.7 Å². The number of nitrogens with zero attached hydrogens (tertiary/aromatic N) is 4. The Morgan fingerprint density at radius 2 is 2.21 bits per heavy atom. The molecule has 1 aromatic rings. The number of aromatic nitrogens is 2. The zero-order chi connectivity index (χ0) is 17.5. The lowest BCUT2D eigenvalue weighted by Crippen LogP contribution is -2.53. The number of likely N-dealkylation sites (tertiary alicyclic amines) is 2. The number of aliphatic hydroxyl groups excluding tert-OH is 1. The Kier molecular flexibility index (Phi) is 4.38. The van der Waals surface area contributed by atoms with Crippen molar-refractivity contribution in [3.8, 4) is 0 Å². The predicted molar refractivity (Wildman–Crippen MR) is 88.3 cm³/mol. The molecule has 1 aromatic heterocycles. The summed E-state index contributed by atoms with van der Waals surface area (Å²) >= 11 is 0. The Morgan fingerprint density at radius 1 is 1.46 bits per heavy atom. The number of fused-ring (bicyclic) bond motifs is 1. The van der Waals surface area contributed by atoms with E-state index in [1.54, 1.807) is 24.0 Å². The first-order valence-corrected chi connectivity index (χ1v) is 8.62. The zero-order valence-corrected chi connectivity index (χ0v) is 14.6. The molecule has 0 spiro atoms. The van der Waals surface area contributed by atoms with Gasteiger partial charge >= 0.3 is 0 Å². The summed E-state index contributed by atoms with van der Waals surface area (Å²) in [5.41, 5.74) is 0.0921. The fourth-order valence-corrected chi connectivity index (χ4v) is 4.39. The molecule has 2 aliphatic heterocycles. The van der Waals surface area contributed by atoms with Crippen LogP contribution >= 0.6 is 0 Å². The summed E-state index contributed by atoms with van der Waals surface area (Å²) < 4.78 is 1.75. The molecule has 0 aliphatic carbocycles. The number of hydrogen-bond acceptors (Lipinski definition) is 4. The van der Waals surface area contributed by atoms with Crippen molar-refractivity contribution in [1.82, 2.24) is 19.6 Å². The lowest BCUT2D eigenvalue weighted by atomic mass is 9.89. The van der Waals surface area contributed by atoms with Gasteiger partial charge in [-0.3, -0.25) is 14.3 Å². The third kappa shape index (κ3) is 2.70. The molecule has 3 heterocycles. The molecule has 24 heavy (non-hydrogen) atoms. The number of piperidine rings is 1. The molecule has 3 atom stereocenters. The molecule has 7 heteroatoms. The van der Waals surface area contributed by atoms with Crippen LogP contribution in [-0.2, 0) is 11.3 Å². The molecule has 0 bridgehead atoms. The molecule has 3 rings (SSSR count). The van der Waals surface area contributed by atoms with Gasteiger partial charge in [0.15, 0.2) is 0 Å². The van der Waals surface area contributed by atoms with Gasteiger partial charge in [0.05, 0.1) is 23.9 Å². The predicted octanol–water partition coefficient (Wildman–Crippen LogP) is 0.737. The van der Waals surface area contributed by atoms with Gasteiger partial charge in [-0.05, 0) is 32.6 Å². The number of carbonyl (C=O) groups excluding carboxylic acids is 2. The minimum atomic E-state index is -0.521. The third-order valence-corrected chi connectivity index (χ3v) is 5.48. The van der Waals surface area contributed by atoms with Crippen LogP contribution in [0.5, 0.6) is 0 Å². The number of rotatable bonds is 3. The Bertz CT molecular complexity index is 644. The molecule has 132 valence electrons. The molecule has 2 fully saturated rings. The molecule has 2 saturated heterocycles. The van der Waals surface area contributed by atoms with Crippen LogP contribution in [0, 0.1) is 5.92 Å². The summed E-state index contributed by atoms with van der Waals surface area (Å²) in [6, 6.07) is 0.113. The third-order valence-electron chi connectivity index (χ3n) is 5.48. The summed E-state index contributed by atoms with van der Waals surface area (Å²) in [5, 5.41) is 14.0. The highest BCUT2D eigenvalue weighted by molar-refractivity contribution is 5.93. The Morgan fingerprint density at radius 3 is 2.79 bits per heavy atom. The van der Waals surface area contributed by atoms with Crippen molar-refractivity contribution in [3.05, 3.63) is 18.0 Å². The number of carbonyl (C=O) groups is 2. The summed E-state index contributed by atoms with van der Waals surface area (Å²) in [6.45, 7) is 7.43. The first-order valence-electron chi connectivity index (χ1n) is 8.62. The van der Waals surface area contributed by atoms with Crippen LogP contribution in [0.2, 0.25) is 0 Å².